The van der Waals surface area contributed by atoms with Crippen LogP contribution in [-0.4, -0.2) is 50.6 Å². The Morgan fingerprint density at radius 3 is 2.30 bits per heavy atom. The minimum atomic E-state index is 0. The van der Waals surface area contributed by atoms with Gasteiger partial charge in [-0.25, -0.2) is 9.97 Å². The van der Waals surface area contributed by atoms with E-state index in [1.54, 1.807) is 14.2 Å². The standard InChI is InChI=1S/C22H23N3O4.BrH/c1-4-16-6-5-7-17(12-16)25-22-18-13-20(28-10-8-26-2)21(29-11-9-27-3)14-19(18)23-15-24-22;/h1,5-7,12-15H,8-11H2,2-3H3,(H,23,24,25);1H. The van der Waals surface area contributed by atoms with Crippen molar-refractivity contribution in [2.24, 2.45) is 0 Å². The van der Waals surface area contributed by atoms with Crippen LogP contribution in [0, 0.1) is 12.3 Å². The molecule has 0 unspecified atom stereocenters. The van der Waals surface area contributed by atoms with Gasteiger partial charge in [0, 0.05) is 36.9 Å². The van der Waals surface area contributed by atoms with Crippen molar-refractivity contribution < 1.29 is 18.9 Å². The van der Waals surface area contributed by atoms with E-state index in [9.17, 15) is 0 Å². The number of ether oxygens (including phenoxy) is 4. The highest BCUT2D eigenvalue weighted by Gasteiger charge is 2.13. The molecular weight excluding hydrogens is 450 g/mol. The zero-order valence-electron chi connectivity index (χ0n) is 16.9. The van der Waals surface area contributed by atoms with Gasteiger partial charge in [-0.3, -0.25) is 0 Å². The van der Waals surface area contributed by atoms with Crippen LogP contribution in [0.15, 0.2) is 42.7 Å². The fourth-order valence-corrected chi connectivity index (χ4v) is 2.68. The number of benzene rings is 2. The molecule has 0 radical (unpaired) electrons. The average molecular weight is 474 g/mol. The number of hydrogen-bond donors (Lipinski definition) is 1. The highest BCUT2D eigenvalue weighted by Crippen LogP contribution is 2.35. The van der Waals surface area contributed by atoms with E-state index in [4.69, 9.17) is 25.4 Å². The van der Waals surface area contributed by atoms with Gasteiger partial charge in [0.1, 0.15) is 25.4 Å². The number of terminal acetylenes is 1. The summed E-state index contributed by atoms with van der Waals surface area (Å²) in [5.74, 6) is 4.44. The first kappa shape index (κ1) is 23.4. The van der Waals surface area contributed by atoms with Crippen LogP contribution in [0.3, 0.4) is 0 Å². The van der Waals surface area contributed by atoms with Gasteiger partial charge < -0.3 is 24.3 Å². The predicted molar refractivity (Wildman–Crippen MR) is 122 cm³/mol. The number of rotatable bonds is 10. The number of anilines is 2. The lowest BCUT2D eigenvalue weighted by Crippen LogP contribution is -2.09. The van der Waals surface area contributed by atoms with Gasteiger partial charge in [-0.2, -0.15) is 0 Å². The number of aromatic nitrogens is 2. The summed E-state index contributed by atoms with van der Waals surface area (Å²) >= 11 is 0. The van der Waals surface area contributed by atoms with Crippen molar-refractivity contribution in [1.82, 2.24) is 9.97 Å². The molecule has 1 heterocycles. The highest BCUT2D eigenvalue weighted by molar-refractivity contribution is 8.93. The van der Waals surface area contributed by atoms with Crippen molar-refractivity contribution in [3.8, 4) is 23.8 Å². The Balaban J connectivity index is 0.00000320. The smallest absolute Gasteiger partial charge is 0.163 e. The fraction of sp³-hybridized carbons (Fsp3) is 0.273. The Morgan fingerprint density at radius 1 is 0.933 bits per heavy atom. The zero-order valence-corrected chi connectivity index (χ0v) is 18.6. The van der Waals surface area contributed by atoms with Crippen LogP contribution in [0.25, 0.3) is 10.9 Å². The second kappa shape index (κ2) is 12.0. The van der Waals surface area contributed by atoms with Gasteiger partial charge in [-0.05, 0) is 24.3 Å². The molecule has 7 nitrogen and oxygen atoms in total. The number of nitrogens with one attached hydrogen (secondary N) is 1. The SMILES string of the molecule is Br.C#Cc1cccc(Nc2ncnc3cc(OCCOC)c(OCCOC)cc23)c1. The number of fused-ring (bicyclic) bond motifs is 1. The first-order valence-corrected chi connectivity index (χ1v) is 9.11. The van der Waals surface area contributed by atoms with Crippen LogP contribution in [0.1, 0.15) is 5.56 Å². The molecule has 0 bridgehead atoms. The van der Waals surface area contributed by atoms with Crippen LogP contribution in [-0.2, 0) is 9.47 Å². The molecule has 3 aromatic rings. The first-order chi connectivity index (χ1) is 14.2. The molecule has 8 heteroatoms. The lowest BCUT2D eigenvalue weighted by atomic mass is 10.2. The molecule has 0 spiro atoms. The molecule has 2 aromatic carbocycles. The van der Waals surface area contributed by atoms with Crippen molar-refractivity contribution in [2.75, 3.05) is 46.0 Å². The van der Waals surface area contributed by atoms with E-state index >= 15 is 0 Å². The van der Waals surface area contributed by atoms with Gasteiger partial charge in [0.25, 0.3) is 0 Å². The van der Waals surface area contributed by atoms with Crippen molar-refractivity contribution in [3.63, 3.8) is 0 Å². The topological polar surface area (TPSA) is 74.7 Å². The van der Waals surface area contributed by atoms with Gasteiger partial charge in [-0.1, -0.05) is 12.0 Å². The molecule has 0 saturated carbocycles. The first-order valence-electron chi connectivity index (χ1n) is 9.11. The maximum atomic E-state index is 5.86. The third kappa shape index (κ3) is 6.07. The van der Waals surface area contributed by atoms with E-state index in [2.05, 4.69) is 21.2 Å². The summed E-state index contributed by atoms with van der Waals surface area (Å²) in [4.78, 5) is 8.75. The van der Waals surface area contributed by atoms with Crippen molar-refractivity contribution >= 4 is 39.4 Å². The van der Waals surface area contributed by atoms with Gasteiger partial charge in [0.15, 0.2) is 11.5 Å². The summed E-state index contributed by atoms with van der Waals surface area (Å²) in [5, 5.41) is 4.10. The van der Waals surface area contributed by atoms with Crippen LogP contribution in [0.2, 0.25) is 0 Å². The van der Waals surface area contributed by atoms with Gasteiger partial charge >= 0.3 is 0 Å². The molecule has 0 aliphatic heterocycles. The summed E-state index contributed by atoms with van der Waals surface area (Å²) in [5.41, 5.74) is 2.34. The number of methoxy groups -OCH3 is 2. The van der Waals surface area contributed by atoms with Gasteiger partial charge in [-0.15, -0.1) is 23.4 Å². The van der Waals surface area contributed by atoms with E-state index in [0.29, 0.717) is 43.7 Å². The van der Waals surface area contributed by atoms with Gasteiger partial charge in [0.2, 0.25) is 0 Å². The van der Waals surface area contributed by atoms with Crippen LogP contribution in [0.4, 0.5) is 11.5 Å². The molecule has 0 fully saturated rings. The van der Waals surface area contributed by atoms with Crippen molar-refractivity contribution in [1.29, 1.82) is 0 Å². The monoisotopic (exact) mass is 473 g/mol. The van der Waals surface area contributed by atoms with E-state index < -0.39 is 0 Å². The largest absolute Gasteiger partial charge is 0.487 e. The Hall–Kier alpha value is -2.86. The zero-order chi connectivity index (χ0) is 20.5. The minimum Gasteiger partial charge on any atom is -0.487 e. The molecule has 0 aliphatic rings. The molecule has 158 valence electrons. The molecule has 0 saturated heterocycles. The summed E-state index contributed by atoms with van der Waals surface area (Å²) in [6.07, 6.45) is 6.99. The molecule has 1 N–H and O–H groups in total. The fourth-order valence-electron chi connectivity index (χ4n) is 2.68. The second-order valence-electron chi connectivity index (χ2n) is 6.07. The van der Waals surface area contributed by atoms with E-state index in [1.807, 2.05) is 36.4 Å². The Labute approximate surface area is 186 Å². The van der Waals surface area contributed by atoms with Crippen LogP contribution in [0.5, 0.6) is 11.5 Å². The Morgan fingerprint density at radius 2 is 1.63 bits per heavy atom. The molecule has 0 amide bonds. The quantitative estimate of drug-likeness (QED) is 0.352. The van der Waals surface area contributed by atoms with Crippen LogP contribution < -0.4 is 14.8 Å². The number of nitrogens with zero attached hydrogens (tertiary/aromatic N) is 2. The van der Waals surface area contributed by atoms with Crippen molar-refractivity contribution in [2.45, 2.75) is 0 Å². The third-order valence-electron chi connectivity index (χ3n) is 4.08. The summed E-state index contributed by atoms with van der Waals surface area (Å²) in [6.45, 7) is 1.73. The normalized spacial score (nSPS) is 10.2. The maximum absolute atomic E-state index is 5.86. The highest BCUT2D eigenvalue weighted by atomic mass is 79.9. The van der Waals surface area contributed by atoms with Gasteiger partial charge in [0.05, 0.1) is 18.7 Å². The average Bonchev–Trinajstić information content (AvgIpc) is 2.75. The third-order valence-corrected chi connectivity index (χ3v) is 4.08. The maximum Gasteiger partial charge on any atom is 0.163 e. The lowest BCUT2D eigenvalue weighted by molar-refractivity contribution is 0.132. The summed E-state index contributed by atoms with van der Waals surface area (Å²) in [6, 6.07) is 11.3. The Kier molecular flexibility index (Phi) is 9.35. The van der Waals surface area contributed by atoms with E-state index in [-0.39, 0.29) is 17.0 Å². The van der Waals surface area contributed by atoms with Crippen LogP contribution >= 0.6 is 17.0 Å². The number of hydrogen-bond acceptors (Lipinski definition) is 7. The predicted octanol–water partition coefficient (Wildman–Crippen LogP) is 3.98. The molecule has 1 aromatic heterocycles. The van der Waals surface area contributed by atoms with E-state index in [0.717, 1.165) is 22.2 Å². The molecule has 3 rings (SSSR count). The molecule has 30 heavy (non-hydrogen) atoms. The second-order valence-corrected chi connectivity index (χ2v) is 6.07. The molecule has 0 aliphatic carbocycles. The van der Waals surface area contributed by atoms with E-state index in [1.165, 1.54) is 6.33 Å². The van der Waals surface area contributed by atoms with Crippen molar-refractivity contribution in [3.05, 3.63) is 48.3 Å². The number of halogens is 1. The lowest BCUT2D eigenvalue weighted by Gasteiger charge is -2.15. The summed E-state index contributed by atoms with van der Waals surface area (Å²) in [7, 11) is 3.25. The summed E-state index contributed by atoms with van der Waals surface area (Å²) < 4.78 is 21.8. The molecular formula is C22H24BrN3O4. The molecule has 0 atom stereocenters. The Bertz CT molecular complexity index is 1010. The minimum absolute atomic E-state index is 0.